The Kier molecular flexibility index (Phi) is 4.72. The van der Waals surface area contributed by atoms with Crippen molar-refractivity contribution in [2.75, 3.05) is 13.1 Å². The van der Waals surface area contributed by atoms with Crippen molar-refractivity contribution < 1.29 is 19.2 Å². The molecule has 1 aromatic carbocycles. The summed E-state index contributed by atoms with van der Waals surface area (Å²) in [5.74, 6) is -1.69. The molecule has 0 spiro atoms. The van der Waals surface area contributed by atoms with Crippen LogP contribution in [0.2, 0.25) is 0 Å². The highest BCUT2D eigenvalue weighted by Crippen LogP contribution is 2.30. The normalized spacial score (nSPS) is 13.6. The van der Waals surface area contributed by atoms with Crippen LogP contribution >= 0.6 is 11.3 Å². The van der Waals surface area contributed by atoms with Crippen molar-refractivity contribution in [2.24, 2.45) is 0 Å². The van der Waals surface area contributed by atoms with Gasteiger partial charge in [-0.2, -0.15) is 5.10 Å². The van der Waals surface area contributed by atoms with E-state index >= 15 is 0 Å². The molecule has 1 aliphatic heterocycles. The SMILES string of the molecule is Cc1nn(-c2ccccc2)c2sc(C(=O)NNC(=O)CN3C(=O)CNC3=O)cc12. The third-order valence-electron chi connectivity index (χ3n) is 4.32. The van der Waals surface area contributed by atoms with E-state index in [0.717, 1.165) is 26.5 Å². The lowest BCUT2D eigenvalue weighted by molar-refractivity contribution is -0.130. The number of thiophene rings is 1. The summed E-state index contributed by atoms with van der Waals surface area (Å²) in [5.41, 5.74) is 6.18. The molecule has 3 N–H and O–H groups in total. The standard InChI is InChI=1S/C18H16N6O4S/c1-10-12-7-13(29-17(12)24(22-10)11-5-3-2-4-6-11)16(27)21-20-14(25)9-23-15(26)8-19-18(23)28/h2-7H,8-9H2,1H3,(H,19,28)(H,20,25)(H,21,27). The topological polar surface area (TPSA) is 125 Å². The van der Waals surface area contributed by atoms with Gasteiger partial charge in [-0.25, -0.2) is 9.48 Å². The number of benzene rings is 1. The van der Waals surface area contributed by atoms with E-state index in [1.165, 1.54) is 11.3 Å². The first kappa shape index (κ1) is 18.6. The van der Waals surface area contributed by atoms with Crippen LogP contribution in [0.4, 0.5) is 4.79 Å². The molecule has 1 fully saturated rings. The first-order chi connectivity index (χ1) is 13.9. The number of fused-ring (bicyclic) bond motifs is 1. The number of hydrogen-bond acceptors (Lipinski definition) is 6. The first-order valence-corrected chi connectivity index (χ1v) is 9.47. The smallest absolute Gasteiger partial charge is 0.325 e. The minimum atomic E-state index is -0.684. The lowest BCUT2D eigenvalue weighted by Crippen LogP contribution is -2.47. The van der Waals surface area contributed by atoms with Crippen LogP contribution in [0.3, 0.4) is 0 Å². The van der Waals surface area contributed by atoms with Gasteiger partial charge in [-0.1, -0.05) is 18.2 Å². The highest BCUT2D eigenvalue weighted by molar-refractivity contribution is 7.20. The summed E-state index contributed by atoms with van der Waals surface area (Å²) in [6.07, 6.45) is 0. The van der Waals surface area contributed by atoms with Crippen LogP contribution in [0.15, 0.2) is 36.4 Å². The van der Waals surface area contributed by atoms with Crippen molar-refractivity contribution in [2.45, 2.75) is 6.92 Å². The summed E-state index contributed by atoms with van der Waals surface area (Å²) in [7, 11) is 0. The number of aromatic nitrogens is 2. The Morgan fingerprint density at radius 2 is 1.97 bits per heavy atom. The van der Waals surface area contributed by atoms with Gasteiger partial charge in [0.2, 0.25) is 0 Å². The molecule has 0 unspecified atom stereocenters. The van der Waals surface area contributed by atoms with Crippen LogP contribution in [0.25, 0.3) is 15.9 Å². The van der Waals surface area contributed by atoms with Gasteiger partial charge in [0, 0.05) is 5.39 Å². The summed E-state index contributed by atoms with van der Waals surface area (Å²) >= 11 is 1.24. The highest BCUT2D eigenvalue weighted by atomic mass is 32.1. The molecule has 29 heavy (non-hydrogen) atoms. The third kappa shape index (κ3) is 3.55. The second-order valence-electron chi connectivity index (χ2n) is 6.30. The van der Waals surface area contributed by atoms with Gasteiger partial charge in [-0.15, -0.1) is 11.3 Å². The third-order valence-corrected chi connectivity index (χ3v) is 5.43. The van der Waals surface area contributed by atoms with E-state index in [0.29, 0.717) is 4.88 Å². The summed E-state index contributed by atoms with van der Waals surface area (Å²) in [5, 5.41) is 7.67. The molecule has 148 valence electrons. The molecule has 11 heteroatoms. The Hall–Kier alpha value is -3.73. The fourth-order valence-corrected chi connectivity index (χ4v) is 3.97. The average molecular weight is 412 g/mol. The van der Waals surface area contributed by atoms with Crippen molar-refractivity contribution in [3.8, 4) is 5.69 Å². The summed E-state index contributed by atoms with van der Waals surface area (Å²) < 4.78 is 1.77. The number of hydrazine groups is 1. The van der Waals surface area contributed by atoms with Gasteiger partial charge in [-0.05, 0) is 25.1 Å². The molecule has 0 aliphatic carbocycles. The molecule has 3 heterocycles. The van der Waals surface area contributed by atoms with Crippen molar-refractivity contribution in [3.63, 3.8) is 0 Å². The molecule has 0 radical (unpaired) electrons. The molecular weight excluding hydrogens is 396 g/mol. The number of imide groups is 1. The Balaban J connectivity index is 1.46. The van der Waals surface area contributed by atoms with E-state index in [4.69, 9.17) is 0 Å². The Morgan fingerprint density at radius 3 is 2.66 bits per heavy atom. The van der Waals surface area contributed by atoms with Crippen molar-refractivity contribution >= 4 is 45.3 Å². The Morgan fingerprint density at radius 1 is 1.21 bits per heavy atom. The quantitative estimate of drug-likeness (QED) is 0.430. The van der Waals surface area contributed by atoms with E-state index in [2.05, 4.69) is 21.3 Å². The lowest BCUT2D eigenvalue weighted by Gasteiger charge is -2.12. The zero-order chi connectivity index (χ0) is 20.5. The van der Waals surface area contributed by atoms with Gasteiger partial charge in [0.15, 0.2) is 0 Å². The number of amides is 5. The predicted octanol–water partition coefficient (Wildman–Crippen LogP) is 0.708. The molecule has 3 aromatic rings. The minimum absolute atomic E-state index is 0.141. The average Bonchev–Trinajstić information content (AvgIpc) is 3.38. The number of nitrogens with zero attached hydrogens (tertiary/aromatic N) is 3. The first-order valence-electron chi connectivity index (χ1n) is 8.66. The molecule has 4 rings (SSSR count). The Labute approximate surface area is 168 Å². The fourth-order valence-electron chi connectivity index (χ4n) is 2.89. The van der Waals surface area contributed by atoms with Gasteiger partial charge < -0.3 is 5.32 Å². The lowest BCUT2D eigenvalue weighted by atomic mass is 10.3. The van der Waals surface area contributed by atoms with Crippen LogP contribution in [0, 0.1) is 6.92 Å². The summed E-state index contributed by atoms with van der Waals surface area (Å²) in [4.78, 5) is 49.3. The minimum Gasteiger partial charge on any atom is -0.329 e. The molecule has 5 amide bonds. The van der Waals surface area contributed by atoms with Gasteiger partial charge in [0.05, 0.1) is 22.8 Å². The van der Waals surface area contributed by atoms with Gasteiger partial charge in [-0.3, -0.25) is 30.1 Å². The maximum absolute atomic E-state index is 12.4. The molecular formula is C18H16N6O4S. The van der Waals surface area contributed by atoms with Crippen LogP contribution in [0.5, 0.6) is 0 Å². The van der Waals surface area contributed by atoms with E-state index in [9.17, 15) is 19.2 Å². The largest absolute Gasteiger partial charge is 0.329 e. The van der Waals surface area contributed by atoms with Crippen LogP contribution in [-0.2, 0) is 9.59 Å². The monoisotopic (exact) mass is 412 g/mol. The molecule has 1 aliphatic rings. The number of nitrogens with one attached hydrogen (secondary N) is 3. The van der Waals surface area contributed by atoms with E-state index in [1.54, 1.807) is 10.7 Å². The molecule has 10 nitrogen and oxygen atoms in total. The highest BCUT2D eigenvalue weighted by Gasteiger charge is 2.30. The van der Waals surface area contributed by atoms with E-state index in [-0.39, 0.29) is 6.54 Å². The molecule has 2 aromatic heterocycles. The van der Waals surface area contributed by atoms with Crippen LogP contribution < -0.4 is 16.2 Å². The second kappa shape index (κ2) is 7.36. The van der Waals surface area contributed by atoms with Gasteiger partial charge >= 0.3 is 6.03 Å². The molecule has 0 saturated carbocycles. The second-order valence-corrected chi connectivity index (χ2v) is 7.33. The maximum Gasteiger partial charge on any atom is 0.325 e. The maximum atomic E-state index is 12.4. The van der Waals surface area contributed by atoms with Crippen LogP contribution in [0.1, 0.15) is 15.4 Å². The van der Waals surface area contributed by atoms with Gasteiger partial charge in [0.1, 0.15) is 11.4 Å². The van der Waals surface area contributed by atoms with Crippen molar-refractivity contribution in [1.82, 2.24) is 30.8 Å². The number of hydrogen-bond donors (Lipinski definition) is 3. The zero-order valence-electron chi connectivity index (χ0n) is 15.3. The number of aryl methyl sites for hydroxylation is 1. The number of rotatable bonds is 4. The fraction of sp³-hybridized carbons (Fsp3) is 0.167. The van der Waals surface area contributed by atoms with Crippen LogP contribution in [-0.4, -0.2) is 51.5 Å². The molecule has 0 atom stereocenters. The molecule has 1 saturated heterocycles. The zero-order valence-corrected chi connectivity index (χ0v) is 16.1. The van der Waals surface area contributed by atoms with E-state index < -0.39 is 30.3 Å². The Bertz CT molecular complexity index is 1120. The number of urea groups is 1. The van der Waals surface area contributed by atoms with E-state index in [1.807, 2.05) is 37.3 Å². The predicted molar refractivity (Wildman–Crippen MR) is 104 cm³/mol. The van der Waals surface area contributed by atoms with Crippen molar-refractivity contribution in [3.05, 3.63) is 47.0 Å². The molecule has 0 bridgehead atoms. The van der Waals surface area contributed by atoms with Crippen molar-refractivity contribution in [1.29, 1.82) is 0 Å². The number of para-hydroxylation sites is 1. The summed E-state index contributed by atoms with van der Waals surface area (Å²) in [6, 6.07) is 10.6. The van der Waals surface area contributed by atoms with Gasteiger partial charge in [0.25, 0.3) is 17.7 Å². The number of carbonyl (C=O) groups is 4. The summed E-state index contributed by atoms with van der Waals surface area (Å²) in [6.45, 7) is 1.24. The number of carbonyl (C=O) groups excluding carboxylic acids is 4.